The average molecular weight is 268 g/mol. The molecule has 2 N–H and O–H groups in total. The van der Waals surface area contributed by atoms with Crippen molar-refractivity contribution < 1.29 is 8.78 Å². The summed E-state index contributed by atoms with van der Waals surface area (Å²) in [5.74, 6) is -0.997. The summed E-state index contributed by atoms with van der Waals surface area (Å²) in [5.41, 5.74) is 7.13. The van der Waals surface area contributed by atoms with Crippen LogP contribution in [0.4, 0.5) is 8.78 Å². The molecule has 0 aliphatic rings. The summed E-state index contributed by atoms with van der Waals surface area (Å²) < 4.78 is 27.5. The van der Waals surface area contributed by atoms with Gasteiger partial charge in [0.2, 0.25) is 0 Å². The quantitative estimate of drug-likeness (QED) is 0.875. The molecule has 0 aliphatic carbocycles. The molecule has 18 heavy (non-hydrogen) atoms. The smallest absolute Gasteiger partial charge is 0.129 e. The fourth-order valence-electron chi connectivity index (χ4n) is 1.86. The summed E-state index contributed by atoms with van der Waals surface area (Å²) in [5, 5.41) is 0.198. The van der Waals surface area contributed by atoms with Crippen molar-refractivity contribution in [1.82, 2.24) is 0 Å². The minimum atomic E-state index is -0.918. The van der Waals surface area contributed by atoms with Gasteiger partial charge in [-0.05, 0) is 25.1 Å². The lowest BCUT2D eigenvalue weighted by Gasteiger charge is -2.16. The highest BCUT2D eigenvalue weighted by Crippen LogP contribution is 2.30. The Morgan fingerprint density at radius 3 is 2.50 bits per heavy atom. The van der Waals surface area contributed by atoms with Gasteiger partial charge in [0.15, 0.2) is 0 Å². The van der Waals surface area contributed by atoms with E-state index in [0.717, 1.165) is 5.56 Å². The van der Waals surface area contributed by atoms with Crippen LogP contribution in [0.3, 0.4) is 0 Å². The van der Waals surface area contributed by atoms with E-state index in [2.05, 4.69) is 0 Å². The van der Waals surface area contributed by atoms with E-state index >= 15 is 0 Å². The molecule has 2 rings (SSSR count). The molecule has 0 heterocycles. The van der Waals surface area contributed by atoms with E-state index in [0.29, 0.717) is 0 Å². The molecular weight excluding hydrogens is 256 g/mol. The molecule has 0 bridgehead atoms. The Kier molecular flexibility index (Phi) is 3.64. The van der Waals surface area contributed by atoms with Crippen molar-refractivity contribution >= 4 is 11.6 Å². The number of rotatable bonds is 2. The molecule has 0 saturated heterocycles. The van der Waals surface area contributed by atoms with Crippen LogP contribution in [0.1, 0.15) is 22.7 Å². The van der Waals surface area contributed by atoms with Crippen molar-refractivity contribution in [2.24, 2.45) is 5.73 Å². The van der Waals surface area contributed by atoms with E-state index in [-0.39, 0.29) is 16.1 Å². The van der Waals surface area contributed by atoms with Crippen molar-refractivity contribution in [1.29, 1.82) is 0 Å². The second kappa shape index (κ2) is 5.04. The maximum absolute atomic E-state index is 13.7. The molecule has 0 aliphatic heterocycles. The lowest BCUT2D eigenvalue weighted by molar-refractivity contribution is 0.575. The number of hydrogen-bond donors (Lipinski definition) is 1. The first-order chi connectivity index (χ1) is 8.50. The second-order valence-electron chi connectivity index (χ2n) is 4.14. The zero-order valence-corrected chi connectivity index (χ0v) is 10.5. The molecule has 1 atom stereocenters. The lowest BCUT2D eigenvalue weighted by Crippen LogP contribution is -2.16. The normalized spacial score (nSPS) is 12.5. The Morgan fingerprint density at radius 1 is 1.11 bits per heavy atom. The molecule has 2 aromatic rings. The second-order valence-corrected chi connectivity index (χ2v) is 4.55. The molecule has 0 aromatic heterocycles. The zero-order valence-electron chi connectivity index (χ0n) is 9.75. The number of nitrogens with two attached hydrogens (primary N) is 1. The molecular formula is C14H12ClF2N. The van der Waals surface area contributed by atoms with Crippen LogP contribution in [-0.2, 0) is 0 Å². The van der Waals surface area contributed by atoms with Crippen molar-refractivity contribution in [3.05, 3.63) is 69.7 Å². The van der Waals surface area contributed by atoms with Gasteiger partial charge in [0, 0.05) is 16.1 Å². The minimum absolute atomic E-state index is 0.115. The largest absolute Gasteiger partial charge is 0.320 e. The van der Waals surface area contributed by atoms with Crippen LogP contribution >= 0.6 is 11.6 Å². The molecule has 94 valence electrons. The van der Waals surface area contributed by atoms with E-state index in [4.69, 9.17) is 17.3 Å². The van der Waals surface area contributed by atoms with Crippen molar-refractivity contribution in [3.63, 3.8) is 0 Å². The fraction of sp³-hybridized carbons (Fsp3) is 0.143. The van der Waals surface area contributed by atoms with Crippen LogP contribution in [0.5, 0.6) is 0 Å². The summed E-state index contributed by atoms with van der Waals surface area (Å²) >= 11 is 5.92. The monoisotopic (exact) mass is 267 g/mol. The molecule has 0 fully saturated rings. The number of halogens is 3. The van der Waals surface area contributed by atoms with Crippen LogP contribution in [0.25, 0.3) is 0 Å². The first-order valence-electron chi connectivity index (χ1n) is 5.46. The zero-order chi connectivity index (χ0) is 13.3. The summed E-state index contributed by atoms with van der Waals surface area (Å²) in [6.07, 6.45) is 0. The predicted octanol–water partition coefficient (Wildman–Crippen LogP) is 3.97. The highest BCUT2D eigenvalue weighted by Gasteiger charge is 2.19. The molecule has 4 heteroatoms. The van der Waals surface area contributed by atoms with Gasteiger partial charge >= 0.3 is 0 Å². The van der Waals surface area contributed by atoms with Gasteiger partial charge in [-0.2, -0.15) is 0 Å². The van der Waals surface area contributed by atoms with Crippen molar-refractivity contribution in [2.75, 3.05) is 0 Å². The van der Waals surface area contributed by atoms with Crippen molar-refractivity contribution in [2.45, 2.75) is 13.0 Å². The van der Waals surface area contributed by atoms with Crippen LogP contribution < -0.4 is 5.73 Å². The average Bonchev–Trinajstić information content (AvgIpc) is 2.32. The Morgan fingerprint density at radius 2 is 1.83 bits per heavy atom. The van der Waals surface area contributed by atoms with Gasteiger partial charge < -0.3 is 5.73 Å². The summed E-state index contributed by atoms with van der Waals surface area (Å²) in [4.78, 5) is 0. The number of aryl methyl sites for hydroxylation is 1. The third-order valence-corrected chi connectivity index (χ3v) is 3.13. The van der Waals surface area contributed by atoms with Crippen LogP contribution in [0.15, 0.2) is 36.4 Å². The molecule has 0 amide bonds. The molecule has 1 nitrogen and oxygen atoms in total. The Bertz CT molecular complexity index is 564. The highest BCUT2D eigenvalue weighted by atomic mass is 35.5. The first kappa shape index (κ1) is 13.0. The molecule has 0 spiro atoms. The van der Waals surface area contributed by atoms with Gasteiger partial charge in [0.1, 0.15) is 11.6 Å². The molecule has 1 unspecified atom stereocenters. The summed E-state index contributed by atoms with van der Waals surface area (Å²) in [6.45, 7) is 1.82. The maximum atomic E-state index is 13.7. The highest BCUT2D eigenvalue weighted by molar-refractivity contribution is 6.31. The van der Waals surface area contributed by atoms with E-state index < -0.39 is 17.7 Å². The third kappa shape index (κ3) is 2.37. The number of benzene rings is 2. The van der Waals surface area contributed by atoms with Gasteiger partial charge in [0.05, 0.1) is 6.04 Å². The number of hydrogen-bond acceptors (Lipinski definition) is 1. The first-order valence-corrected chi connectivity index (χ1v) is 5.84. The maximum Gasteiger partial charge on any atom is 0.129 e. The van der Waals surface area contributed by atoms with Crippen LogP contribution in [0, 0.1) is 18.6 Å². The van der Waals surface area contributed by atoms with Gasteiger partial charge in [-0.15, -0.1) is 0 Å². The molecule has 2 aromatic carbocycles. The minimum Gasteiger partial charge on any atom is -0.320 e. The van der Waals surface area contributed by atoms with Gasteiger partial charge in [-0.1, -0.05) is 35.4 Å². The van der Waals surface area contributed by atoms with E-state index in [1.165, 1.54) is 24.3 Å². The SMILES string of the molecule is Cc1ccc(F)c(C(N)c2c(F)cccc2Cl)c1. The Labute approximate surface area is 109 Å². The Balaban J connectivity index is 2.54. The van der Waals surface area contributed by atoms with Gasteiger partial charge in [0.25, 0.3) is 0 Å². The van der Waals surface area contributed by atoms with E-state index in [9.17, 15) is 8.78 Å². The standard InChI is InChI=1S/C14H12ClF2N/c1-8-5-6-11(16)9(7-8)14(18)13-10(15)3-2-4-12(13)17/h2-7,14H,18H2,1H3. The van der Waals surface area contributed by atoms with Crippen molar-refractivity contribution in [3.8, 4) is 0 Å². The molecule has 0 saturated carbocycles. The fourth-order valence-corrected chi connectivity index (χ4v) is 2.15. The Hall–Kier alpha value is -1.45. The summed E-state index contributed by atoms with van der Waals surface area (Å²) in [7, 11) is 0. The topological polar surface area (TPSA) is 26.0 Å². The third-order valence-electron chi connectivity index (χ3n) is 2.80. The van der Waals surface area contributed by atoms with E-state index in [1.807, 2.05) is 6.92 Å². The van der Waals surface area contributed by atoms with Crippen LogP contribution in [0.2, 0.25) is 5.02 Å². The predicted molar refractivity (Wildman–Crippen MR) is 68.6 cm³/mol. The summed E-state index contributed by atoms with van der Waals surface area (Å²) in [6, 6.07) is 7.91. The van der Waals surface area contributed by atoms with Crippen LogP contribution in [-0.4, -0.2) is 0 Å². The van der Waals surface area contributed by atoms with Gasteiger partial charge in [-0.3, -0.25) is 0 Å². The lowest BCUT2D eigenvalue weighted by atomic mass is 9.97. The molecule has 0 radical (unpaired) electrons. The van der Waals surface area contributed by atoms with E-state index in [1.54, 1.807) is 12.1 Å². The van der Waals surface area contributed by atoms with Gasteiger partial charge in [-0.25, -0.2) is 8.78 Å².